The fourth-order valence-corrected chi connectivity index (χ4v) is 1.91. The molecule has 18 heavy (non-hydrogen) atoms. The lowest BCUT2D eigenvalue weighted by Gasteiger charge is -2.12. The Bertz CT molecular complexity index is 582. The molecule has 1 heterocycles. The molecular formula is C12H6Cl2F3N. The number of rotatable bonds is 1. The van der Waals surface area contributed by atoms with Gasteiger partial charge in [-0.15, -0.1) is 0 Å². The first-order valence-corrected chi connectivity index (χ1v) is 5.63. The molecule has 0 fully saturated rings. The third-order valence-electron chi connectivity index (χ3n) is 2.30. The first-order valence-electron chi connectivity index (χ1n) is 4.87. The van der Waals surface area contributed by atoms with Gasteiger partial charge in [0.2, 0.25) is 0 Å². The number of benzene rings is 1. The lowest BCUT2D eigenvalue weighted by atomic mass is 10.1. The summed E-state index contributed by atoms with van der Waals surface area (Å²) in [6.45, 7) is 0. The fourth-order valence-electron chi connectivity index (χ4n) is 1.53. The first-order chi connectivity index (χ1) is 8.39. The van der Waals surface area contributed by atoms with Crippen molar-refractivity contribution in [2.75, 3.05) is 0 Å². The molecule has 0 atom stereocenters. The largest absolute Gasteiger partial charge is 0.418 e. The lowest BCUT2D eigenvalue weighted by molar-refractivity contribution is -0.137. The molecule has 0 aliphatic rings. The molecule has 0 radical (unpaired) electrons. The summed E-state index contributed by atoms with van der Waals surface area (Å²) < 4.78 is 38.6. The lowest BCUT2D eigenvalue weighted by Crippen LogP contribution is -2.08. The van der Waals surface area contributed by atoms with Crippen molar-refractivity contribution in [1.29, 1.82) is 0 Å². The fraction of sp³-hybridized carbons (Fsp3) is 0.0833. The minimum atomic E-state index is -4.49. The highest BCUT2D eigenvalue weighted by atomic mass is 35.5. The molecule has 0 aliphatic carbocycles. The quantitative estimate of drug-likeness (QED) is 0.714. The summed E-state index contributed by atoms with van der Waals surface area (Å²) in [5.74, 6) is 0. The Morgan fingerprint density at radius 1 is 1.06 bits per heavy atom. The predicted molar refractivity (Wildman–Crippen MR) is 64.7 cm³/mol. The molecule has 0 aliphatic heterocycles. The summed E-state index contributed by atoms with van der Waals surface area (Å²) in [6, 6.07) is 6.49. The van der Waals surface area contributed by atoms with E-state index in [2.05, 4.69) is 4.98 Å². The zero-order chi connectivity index (χ0) is 13.3. The Kier molecular flexibility index (Phi) is 3.50. The molecule has 0 spiro atoms. The van der Waals surface area contributed by atoms with Crippen LogP contribution in [0.2, 0.25) is 10.0 Å². The van der Waals surface area contributed by atoms with E-state index in [0.29, 0.717) is 5.02 Å². The Morgan fingerprint density at radius 2 is 1.78 bits per heavy atom. The molecule has 0 unspecified atom stereocenters. The van der Waals surface area contributed by atoms with E-state index in [9.17, 15) is 13.2 Å². The number of aromatic nitrogens is 1. The highest BCUT2D eigenvalue weighted by Gasteiger charge is 2.34. The van der Waals surface area contributed by atoms with Gasteiger partial charge in [-0.25, -0.2) is 0 Å². The van der Waals surface area contributed by atoms with Crippen molar-refractivity contribution in [3.05, 3.63) is 52.1 Å². The molecule has 0 amide bonds. The molecule has 94 valence electrons. The van der Waals surface area contributed by atoms with Gasteiger partial charge in [0.15, 0.2) is 0 Å². The summed E-state index contributed by atoms with van der Waals surface area (Å²) in [4.78, 5) is 3.75. The predicted octanol–water partition coefficient (Wildman–Crippen LogP) is 5.07. The number of pyridine rings is 1. The van der Waals surface area contributed by atoms with Gasteiger partial charge in [-0.2, -0.15) is 13.2 Å². The van der Waals surface area contributed by atoms with Crippen molar-refractivity contribution in [1.82, 2.24) is 4.98 Å². The van der Waals surface area contributed by atoms with Crippen molar-refractivity contribution in [2.24, 2.45) is 0 Å². The molecule has 2 rings (SSSR count). The second-order valence-corrected chi connectivity index (χ2v) is 4.37. The van der Waals surface area contributed by atoms with Gasteiger partial charge in [0.1, 0.15) is 0 Å². The summed E-state index contributed by atoms with van der Waals surface area (Å²) in [5.41, 5.74) is -0.899. The molecule has 0 saturated carbocycles. The smallest absolute Gasteiger partial charge is 0.256 e. The third kappa shape index (κ3) is 2.60. The molecular weight excluding hydrogens is 286 g/mol. The van der Waals surface area contributed by atoms with Crippen LogP contribution < -0.4 is 0 Å². The number of nitrogens with zero attached hydrogens (tertiary/aromatic N) is 1. The summed E-state index contributed by atoms with van der Waals surface area (Å²) in [5, 5.41) is 0.469. The van der Waals surface area contributed by atoms with Crippen molar-refractivity contribution in [2.45, 2.75) is 6.18 Å². The van der Waals surface area contributed by atoms with Crippen molar-refractivity contribution in [3.63, 3.8) is 0 Å². The Morgan fingerprint density at radius 3 is 2.44 bits per heavy atom. The summed E-state index contributed by atoms with van der Waals surface area (Å²) in [6.07, 6.45) is -3.21. The molecule has 0 N–H and O–H groups in total. The number of hydrogen-bond donors (Lipinski definition) is 0. The van der Waals surface area contributed by atoms with Gasteiger partial charge in [0.25, 0.3) is 0 Å². The van der Waals surface area contributed by atoms with E-state index in [1.807, 2.05) is 0 Å². The van der Waals surface area contributed by atoms with Crippen LogP contribution in [-0.2, 0) is 6.18 Å². The molecule has 1 aromatic heterocycles. The van der Waals surface area contributed by atoms with Gasteiger partial charge in [-0.3, -0.25) is 4.98 Å². The zero-order valence-corrected chi connectivity index (χ0v) is 10.3. The van der Waals surface area contributed by atoms with Crippen molar-refractivity contribution in [3.8, 4) is 11.3 Å². The molecule has 1 nitrogen and oxygen atoms in total. The maximum absolute atomic E-state index is 12.9. The van der Waals surface area contributed by atoms with Crippen LogP contribution in [0.15, 0.2) is 36.5 Å². The van der Waals surface area contributed by atoms with E-state index < -0.39 is 11.7 Å². The van der Waals surface area contributed by atoms with Crippen LogP contribution in [0.1, 0.15) is 5.56 Å². The van der Waals surface area contributed by atoms with Crippen LogP contribution in [0.25, 0.3) is 11.3 Å². The second kappa shape index (κ2) is 4.78. The van der Waals surface area contributed by atoms with E-state index in [1.165, 1.54) is 30.5 Å². The molecule has 0 bridgehead atoms. The van der Waals surface area contributed by atoms with E-state index >= 15 is 0 Å². The molecule has 0 saturated heterocycles. The van der Waals surface area contributed by atoms with Crippen LogP contribution in [0.5, 0.6) is 0 Å². The Balaban J connectivity index is 2.68. The number of alkyl halides is 3. The Labute approximate surface area is 111 Å². The van der Waals surface area contributed by atoms with E-state index in [0.717, 1.165) is 6.07 Å². The minimum Gasteiger partial charge on any atom is -0.256 e. The van der Waals surface area contributed by atoms with Gasteiger partial charge in [0.05, 0.1) is 16.3 Å². The third-order valence-corrected chi connectivity index (χ3v) is 2.86. The average molecular weight is 292 g/mol. The minimum absolute atomic E-state index is 0.164. The van der Waals surface area contributed by atoms with Crippen LogP contribution in [0, 0.1) is 0 Å². The van der Waals surface area contributed by atoms with Crippen molar-refractivity contribution >= 4 is 23.2 Å². The average Bonchev–Trinajstić information content (AvgIpc) is 2.31. The van der Waals surface area contributed by atoms with Gasteiger partial charge in [-0.05, 0) is 30.3 Å². The van der Waals surface area contributed by atoms with Gasteiger partial charge < -0.3 is 0 Å². The molecule has 2 aromatic rings. The number of halogens is 5. The Hall–Kier alpha value is -1.26. The number of hydrogen-bond acceptors (Lipinski definition) is 1. The maximum atomic E-state index is 12.9. The first kappa shape index (κ1) is 13.2. The van der Waals surface area contributed by atoms with Crippen LogP contribution >= 0.6 is 23.2 Å². The summed E-state index contributed by atoms with van der Waals surface area (Å²) in [7, 11) is 0. The second-order valence-electron chi connectivity index (χ2n) is 3.52. The molecule has 6 heteroatoms. The normalized spacial score (nSPS) is 11.6. The molecule has 1 aromatic carbocycles. The van der Waals surface area contributed by atoms with Crippen LogP contribution in [0.3, 0.4) is 0 Å². The van der Waals surface area contributed by atoms with Gasteiger partial charge in [0, 0.05) is 16.8 Å². The van der Waals surface area contributed by atoms with Gasteiger partial charge in [-0.1, -0.05) is 23.2 Å². The SMILES string of the molecule is FC(F)(F)c1cccnc1-c1cc(Cl)ccc1Cl. The maximum Gasteiger partial charge on any atom is 0.418 e. The monoisotopic (exact) mass is 291 g/mol. The van der Waals surface area contributed by atoms with Crippen LogP contribution in [-0.4, -0.2) is 4.98 Å². The summed E-state index contributed by atoms with van der Waals surface area (Å²) >= 11 is 11.7. The van der Waals surface area contributed by atoms with E-state index in [4.69, 9.17) is 23.2 Å². The van der Waals surface area contributed by atoms with Crippen molar-refractivity contribution < 1.29 is 13.2 Å². The van der Waals surface area contributed by atoms with Crippen LogP contribution in [0.4, 0.5) is 13.2 Å². The van der Waals surface area contributed by atoms with E-state index in [-0.39, 0.29) is 16.3 Å². The topological polar surface area (TPSA) is 12.9 Å². The standard InChI is InChI=1S/C12H6Cl2F3N/c13-7-3-4-10(14)8(6-7)11-9(12(15,16)17)2-1-5-18-11/h1-6H. The highest BCUT2D eigenvalue weighted by molar-refractivity contribution is 6.35. The van der Waals surface area contributed by atoms with E-state index in [1.54, 1.807) is 0 Å². The highest BCUT2D eigenvalue weighted by Crippen LogP contribution is 2.38. The van der Waals surface area contributed by atoms with Gasteiger partial charge >= 0.3 is 6.18 Å². The zero-order valence-electron chi connectivity index (χ0n) is 8.80.